The standard InChI is InChI=1S/C14H7F5O3/c15-11-8(5-6-9(12(11)16)13(20)21)7-3-1-2-4-10(7)22-14(17,18)19/h1-6H,(H,20,21). The molecule has 22 heavy (non-hydrogen) atoms. The van der Waals surface area contributed by atoms with Crippen molar-refractivity contribution in [3.05, 3.63) is 53.6 Å². The van der Waals surface area contributed by atoms with E-state index >= 15 is 0 Å². The number of alkyl halides is 3. The zero-order valence-corrected chi connectivity index (χ0v) is 10.6. The van der Waals surface area contributed by atoms with Gasteiger partial charge >= 0.3 is 12.3 Å². The first kappa shape index (κ1) is 15.7. The summed E-state index contributed by atoms with van der Waals surface area (Å²) in [6.45, 7) is 0. The number of benzene rings is 2. The summed E-state index contributed by atoms with van der Waals surface area (Å²) in [6.07, 6.45) is -5.01. The minimum atomic E-state index is -5.01. The molecule has 2 aromatic carbocycles. The predicted molar refractivity (Wildman–Crippen MR) is 65.4 cm³/mol. The van der Waals surface area contributed by atoms with E-state index in [-0.39, 0.29) is 5.56 Å². The van der Waals surface area contributed by atoms with E-state index in [1.165, 1.54) is 12.1 Å². The zero-order valence-electron chi connectivity index (χ0n) is 10.6. The third-order valence-corrected chi connectivity index (χ3v) is 2.72. The van der Waals surface area contributed by atoms with Crippen molar-refractivity contribution in [3.8, 4) is 16.9 Å². The second-order valence-corrected chi connectivity index (χ2v) is 4.14. The highest BCUT2D eigenvalue weighted by molar-refractivity contribution is 5.89. The average Bonchev–Trinajstić information content (AvgIpc) is 2.40. The Kier molecular flexibility index (Phi) is 4.03. The second-order valence-electron chi connectivity index (χ2n) is 4.14. The van der Waals surface area contributed by atoms with E-state index in [1.54, 1.807) is 0 Å². The highest BCUT2D eigenvalue weighted by atomic mass is 19.4. The maximum absolute atomic E-state index is 13.9. The number of carbonyl (C=O) groups is 1. The molecular weight excluding hydrogens is 311 g/mol. The van der Waals surface area contributed by atoms with Crippen LogP contribution in [0.5, 0.6) is 5.75 Å². The first-order valence-corrected chi connectivity index (χ1v) is 5.77. The Balaban J connectivity index is 2.58. The van der Waals surface area contributed by atoms with E-state index in [0.29, 0.717) is 0 Å². The Labute approximate surface area is 120 Å². The summed E-state index contributed by atoms with van der Waals surface area (Å²) in [5, 5.41) is 8.68. The van der Waals surface area contributed by atoms with Crippen LogP contribution in [0.25, 0.3) is 11.1 Å². The lowest BCUT2D eigenvalue weighted by Crippen LogP contribution is -2.17. The number of rotatable bonds is 3. The number of carboxylic acids is 1. The third kappa shape index (κ3) is 3.16. The molecule has 0 spiro atoms. The van der Waals surface area contributed by atoms with Gasteiger partial charge in [-0.2, -0.15) is 0 Å². The van der Waals surface area contributed by atoms with Gasteiger partial charge in [0.15, 0.2) is 11.6 Å². The van der Waals surface area contributed by atoms with E-state index in [9.17, 15) is 26.7 Å². The SMILES string of the molecule is O=C(O)c1ccc(-c2ccccc2OC(F)(F)F)c(F)c1F. The molecule has 0 atom stereocenters. The molecule has 2 rings (SSSR count). The van der Waals surface area contributed by atoms with E-state index in [2.05, 4.69) is 4.74 Å². The second kappa shape index (κ2) is 5.63. The molecule has 0 bridgehead atoms. The van der Waals surface area contributed by atoms with E-state index < -0.39 is 40.8 Å². The highest BCUT2D eigenvalue weighted by Crippen LogP contribution is 2.36. The Hall–Kier alpha value is -2.64. The quantitative estimate of drug-likeness (QED) is 0.862. The van der Waals surface area contributed by atoms with Gasteiger partial charge in [0.25, 0.3) is 0 Å². The van der Waals surface area contributed by atoms with Gasteiger partial charge in [-0.3, -0.25) is 0 Å². The van der Waals surface area contributed by atoms with Crippen molar-refractivity contribution in [3.63, 3.8) is 0 Å². The lowest BCUT2D eigenvalue weighted by Gasteiger charge is -2.14. The van der Waals surface area contributed by atoms with E-state index in [1.807, 2.05) is 0 Å². The minimum Gasteiger partial charge on any atom is -0.478 e. The number of aromatic carboxylic acids is 1. The van der Waals surface area contributed by atoms with Crippen molar-refractivity contribution in [2.24, 2.45) is 0 Å². The molecule has 0 heterocycles. The fourth-order valence-electron chi connectivity index (χ4n) is 1.83. The number of carboxylic acid groups (broad SMARTS) is 1. The Bertz CT molecular complexity index is 725. The maximum atomic E-state index is 13.9. The summed E-state index contributed by atoms with van der Waals surface area (Å²) in [4.78, 5) is 10.7. The molecule has 0 saturated carbocycles. The number of halogens is 5. The summed E-state index contributed by atoms with van der Waals surface area (Å²) in [7, 11) is 0. The average molecular weight is 318 g/mol. The number of hydrogen-bond donors (Lipinski definition) is 1. The summed E-state index contributed by atoms with van der Waals surface area (Å²) in [6, 6.07) is 6.21. The van der Waals surface area contributed by atoms with Gasteiger partial charge in [-0.25, -0.2) is 13.6 Å². The van der Waals surface area contributed by atoms with Gasteiger partial charge in [0.1, 0.15) is 5.75 Å². The van der Waals surface area contributed by atoms with Gasteiger partial charge in [0.2, 0.25) is 0 Å². The molecule has 0 radical (unpaired) electrons. The van der Waals surface area contributed by atoms with Crippen LogP contribution >= 0.6 is 0 Å². The summed E-state index contributed by atoms with van der Waals surface area (Å²) < 4.78 is 68.3. The van der Waals surface area contributed by atoms with Crippen LogP contribution in [0.3, 0.4) is 0 Å². The van der Waals surface area contributed by atoms with Crippen LogP contribution in [0.1, 0.15) is 10.4 Å². The maximum Gasteiger partial charge on any atom is 0.573 e. The van der Waals surface area contributed by atoms with Crippen LogP contribution in [-0.4, -0.2) is 17.4 Å². The summed E-state index contributed by atoms with van der Waals surface area (Å²) in [5.74, 6) is -5.65. The van der Waals surface area contributed by atoms with Crippen LogP contribution < -0.4 is 4.74 Å². The Morgan fingerprint density at radius 3 is 2.18 bits per heavy atom. The number of para-hydroxylation sites is 1. The summed E-state index contributed by atoms with van der Waals surface area (Å²) in [5.41, 5.74) is -1.81. The van der Waals surface area contributed by atoms with Crippen molar-refractivity contribution < 1.29 is 36.6 Å². The molecule has 0 amide bonds. The van der Waals surface area contributed by atoms with Crippen LogP contribution in [-0.2, 0) is 0 Å². The largest absolute Gasteiger partial charge is 0.573 e. The lowest BCUT2D eigenvalue weighted by atomic mass is 10.0. The first-order valence-electron chi connectivity index (χ1n) is 5.77. The topological polar surface area (TPSA) is 46.5 Å². The van der Waals surface area contributed by atoms with Gasteiger partial charge in [0, 0.05) is 11.1 Å². The summed E-state index contributed by atoms with van der Waals surface area (Å²) >= 11 is 0. The molecule has 0 aliphatic rings. The monoisotopic (exact) mass is 318 g/mol. The molecule has 0 fully saturated rings. The van der Waals surface area contributed by atoms with Gasteiger partial charge < -0.3 is 9.84 Å². The molecule has 8 heteroatoms. The van der Waals surface area contributed by atoms with Crippen LogP contribution in [0.2, 0.25) is 0 Å². The minimum absolute atomic E-state index is 0.354. The molecule has 3 nitrogen and oxygen atoms in total. The van der Waals surface area contributed by atoms with Gasteiger partial charge in [-0.15, -0.1) is 13.2 Å². The Morgan fingerprint density at radius 1 is 0.955 bits per heavy atom. The Morgan fingerprint density at radius 2 is 1.59 bits per heavy atom. The van der Waals surface area contributed by atoms with Gasteiger partial charge in [-0.05, 0) is 12.1 Å². The number of hydrogen-bond acceptors (Lipinski definition) is 2. The molecule has 1 N–H and O–H groups in total. The molecule has 116 valence electrons. The van der Waals surface area contributed by atoms with Crippen molar-refractivity contribution in [2.45, 2.75) is 6.36 Å². The fraction of sp³-hybridized carbons (Fsp3) is 0.0714. The predicted octanol–water partition coefficient (Wildman–Crippen LogP) is 4.23. The van der Waals surface area contributed by atoms with Gasteiger partial charge in [-0.1, -0.05) is 24.3 Å². The zero-order chi connectivity index (χ0) is 16.5. The molecular formula is C14H7F5O3. The third-order valence-electron chi connectivity index (χ3n) is 2.72. The van der Waals surface area contributed by atoms with Crippen molar-refractivity contribution in [2.75, 3.05) is 0 Å². The number of ether oxygens (including phenoxy) is 1. The lowest BCUT2D eigenvalue weighted by molar-refractivity contribution is -0.274. The molecule has 0 saturated heterocycles. The highest BCUT2D eigenvalue weighted by Gasteiger charge is 2.32. The smallest absolute Gasteiger partial charge is 0.478 e. The molecule has 0 unspecified atom stereocenters. The van der Waals surface area contributed by atoms with E-state index in [0.717, 1.165) is 24.3 Å². The molecule has 0 aromatic heterocycles. The van der Waals surface area contributed by atoms with Crippen LogP contribution in [0, 0.1) is 11.6 Å². The van der Waals surface area contributed by atoms with E-state index in [4.69, 9.17) is 5.11 Å². The normalized spacial score (nSPS) is 11.3. The first-order chi connectivity index (χ1) is 10.2. The van der Waals surface area contributed by atoms with Crippen molar-refractivity contribution in [1.82, 2.24) is 0 Å². The van der Waals surface area contributed by atoms with Gasteiger partial charge in [0.05, 0.1) is 5.56 Å². The van der Waals surface area contributed by atoms with Crippen LogP contribution in [0.4, 0.5) is 22.0 Å². The van der Waals surface area contributed by atoms with Crippen molar-refractivity contribution >= 4 is 5.97 Å². The van der Waals surface area contributed by atoms with Crippen LogP contribution in [0.15, 0.2) is 36.4 Å². The fourth-order valence-corrected chi connectivity index (χ4v) is 1.83. The molecule has 2 aromatic rings. The molecule has 0 aliphatic carbocycles. The molecule has 0 aliphatic heterocycles. The van der Waals surface area contributed by atoms with Crippen molar-refractivity contribution in [1.29, 1.82) is 0 Å².